The number of methoxy groups -OCH3 is 1. The Labute approximate surface area is 178 Å². The summed E-state index contributed by atoms with van der Waals surface area (Å²) in [7, 11) is 1.53. The van der Waals surface area contributed by atoms with E-state index in [1.54, 1.807) is 48.5 Å². The molecule has 0 aliphatic carbocycles. The van der Waals surface area contributed by atoms with E-state index in [0.29, 0.717) is 29.5 Å². The van der Waals surface area contributed by atoms with Gasteiger partial charge in [0.1, 0.15) is 18.0 Å². The van der Waals surface area contributed by atoms with Crippen molar-refractivity contribution < 1.29 is 23.9 Å². The Morgan fingerprint density at radius 3 is 2.35 bits per heavy atom. The highest BCUT2D eigenvalue weighted by Crippen LogP contribution is 2.32. The number of hydrogen-bond acceptors (Lipinski definition) is 8. The third kappa shape index (κ3) is 3.91. The van der Waals surface area contributed by atoms with E-state index in [1.807, 2.05) is 6.92 Å². The van der Waals surface area contributed by atoms with E-state index in [-0.39, 0.29) is 12.5 Å². The van der Waals surface area contributed by atoms with Gasteiger partial charge in [-0.2, -0.15) is 5.11 Å². The predicted octanol–water partition coefficient (Wildman–Crippen LogP) is 2.03. The zero-order valence-electron chi connectivity index (χ0n) is 17.0. The van der Waals surface area contributed by atoms with Crippen molar-refractivity contribution in [3.05, 3.63) is 48.5 Å². The molecule has 1 saturated heterocycles. The van der Waals surface area contributed by atoms with Crippen molar-refractivity contribution in [3.8, 4) is 11.5 Å². The Balaban J connectivity index is 1.43. The lowest BCUT2D eigenvalue weighted by molar-refractivity contribution is -0.123. The first-order valence-electron chi connectivity index (χ1n) is 9.74. The molecular weight excluding hydrogens is 402 g/mol. The molecule has 0 aromatic heterocycles. The minimum absolute atomic E-state index is 0.215. The summed E-state index contributed by atoms with van der Waals surface area (Å²) in [4.78, 5) is 39.3. The SMILES string of the molecule is CCOc1ccc(NC(=O)CN2N=N[C@@H]3C(=O)N(c4ccc(OC)cc4)C(=O)[C@@H]32)cc1. The first-order valence-corrected chi connectivity index (χ1v) is 9.74. The highest BCUT2D eigenvalue weighted by molar-refractivity contribution is 6.25. The van der Waals surface area contributed by atoms with E-state index < -0.39 is 23.9 Å². The smallest absolute Gasteiger partial charge is 0.263 e. The van der Waals surface area contributed by atoms with Crippen molar-refractivity contribution in [2.75, 3.05) is 30.5 Å². The van der Waals surface area contributed by atoms with Crippen LogP contribution in [0.3, 0.4) is 0 Å². The molecular formula is C21H21N5O5. The van der Waals surface area contributed by atoms with Crippen LogP contribution in [0.15, 0.2) is 58.9 Å². The molecule has 10 nitrogen and oxygen atoms in total. The van der Waals surface area contributed by atoms with Gasteiger partial charge in [0.15, 0.2) is 12.1 Å². The largest absolute Gasteiger partial charge is 0.497 e. The van der Waals surface area contributed by atoms with Crippen LogP contribution in [0.5, 0.6) is 11.5 Å². The Morgan fingerprint density at radius 2 is 1.71 bits per heavy atom. The second-order valence-electron chi connectivity index (χ2n) is 6.91. The number of imide groups is 1. The zero-order chi connectivity index (χ0) is 22.0. The van der Waals surface area contributed by atoms with Gasteiger partial charge in [-0.1, -0.05) is 5.22 Å². The molecule has 0 saturated carbocycles. The van der Waals surface area contributed by atoms with Crippen LogP contribution in [0.25, 0.3) is 0 Å². The van der Waals surface area contributed by atoms with Gasteiger partial charge in [-0.15, -0.1) is 0 Å². The third-order valence-electron chi connectivity index (χ3n) is 4.94. The molecule has 31 heavy (non-hydrogen) atoms. The van der Waals surface area contributed by atoms with E-state index in [9.17, 15) is 14.4 Å². The van der Waals surface area contributed by atoms with Crippen molar-refractivity contribution in [3.63, 3.8) is 0 Å². The van der Waals surface area contributed by atoms with E-state index in [2.05, 4.69) is 15.7 Å². The summed E-state index contributed by atoms with van der Waals surface area (Å²) in [5, 5.41) is 11.8. The minimum atomic E-state index is -0.965. The van der Waals surface area contributed by atoms with Crippen LogP contribution in [0, 0.1) is 0 Å². The molecule has 2 atom stereocenters. The maximum atomic E-state index is 13.0. The van der Waals surface area contributed by atoms with Crippen LogP contribution >= 0.6 is 0 Å². The number of benzene rings is 2. The van der Waals surface area contributed by atoms with Crippen molar-refractivity contribution in [1.82, 2.24) is 5.01 Å². The number of carbonyl (C=O) groups is 3. The average Bonchev–Trinajstić information content (AvgIpc) is 3.29. The predicted molar refractivity (Wildman–Crippen MR) is 111 cm³/mol. The van der Waals surface area contributed by atoms with E-state index >= 15 is 0 Å². The highest BCUT2D eigenvalue weighted by atomic mass is 16.5. The lowest BCUT2D eigenvalue weighted by Crippen LogP contribution is -2.43. The standard InChI is InChI=1S/C21H21N5O5/c1-3-31-16-8-4-13(5-9-16)22-17(27)12-25-19-18(23-24-25)20(28)26(21(19)29)14-6-10-15(30-2)11-7-14/h4-11,18-19H,3,12H2,1-2H3,(H,22,27)/t18-,19+/m0/s1. The van der Waals surface area contributed by atoms with Gasteiger partial charge in [-0.25, -0.2) is 4.90 Å². The van der Waals surface area contributed by atoms with E-state index in [1.165, 1.54) is 12.1 Å². The maximum Gasteiger partial charge on any atom is 0.263 e. The maximum absolute atomic E-state index is 13.0. The molecule has 0 spiro atoms. The molecule has 4 rings (SSSR count). The summed E-state index contributed by atoms with van der Waals surface area (Å²) in [6, 6.07) is 11.6. The molecule has 10 heteroatoms. The topological polar surface area (TPSA) is 113 Å². The molecule has 2 aromatic carbocycles. The summed E-state index contributed by atoms with van der Waals surface area (Å²) in [6.45, 7) is 2.22. The fraction of sp³-hybridized carbons (Fsp3) is 0.286. The first kappa shape index (κ1) is 20.3. The van der Waals surface area contributed by atoms with Crippen molar-refractivity contribution in [1.29, 1.82) is 0 Å². The average molecular weight is 423 g/mol. The molecule has 0 radical (unpaired) electrons. The Morgan fingerprint density at radius 1 is 1.03 bits per heavy atom. The fourth-order valence-electron chi connectivity index (χ4n) is 3.49. The number of carbonyl (C=O) groups excluding carboxylic acids is 3. The van der Waals surface area contributed by atoms with Gasteiger partial charge >= 0.3 is 0 Å². The number of amides is 3. The number of nitrogens with zero attached hydrogens (tertiary/aromatic N) is 4. The Bertz CT molecular complexity index is 1020. The number of rotatable bonds is 7. The van der Waals surface area contributed by atoms with Gasteiger partial charge < -0.3 is 14.8 Å². The van der Waals surface area contributed by atoms with Gasteiger partial charge in [-0.3, -0.25) is 19.4 Å². The third-order valence-corrected chi connectivity index (χ3v) is 4.94. The van der Waals surface area contributed by atoms with Gasteiger partial charge in [0.2, 0.25) is 5.91 Å². The van der Waals surface area contributed by atoms with Crippen LogP contribution < -0.4 is 19.7 Å². The van der Waals surface area contributed by atoms with E-state index in [4.69, 9.17) is 9.47 Å². The second-order valence-corrected chi connectivity index (χ2v) is 6.91. The summed E-state index contributed by atoms with van der Waals surface area (Å²) in [5.41, 5.74) is 0.994. The van der Waals surface area contributed by atoms with Gasteiger partial charge in [-0.05, 0) is 55.5 Å². The van der Waals surface area contributed by atoms with Crippen molar-refractivity contribution in [2.24, 2.45) is 10.3 Å². The monoisotopic (exact) mass is 423 g/mol. The summed E-state index contributed by atoms with van der Waals surface area (Å²) in [6.07, 6.45) is 0. The Hall–Kier alpha value is -3.95. The van der Waals surface area contributed by atoms with Gasteiger partial charge in [0.25, 0.3) is 11.8 Å². The molecule has 2 aliphatic rings. The summed E-state index contributed by atoms with van der Waals surface area (Å²) >= 11 is 0. The summed E-state index contributed by atoms with van der Waals surface area (Å²) in [5.74, 6) is -0.0232. The quantitative estimate of drug-likeness (QED) is 0.682. The van der Waals surface area contributed by atoms with Crippen LogP contribution in [-0.4, -0.2) is 55.1 Å². The van der Waals surface area contributed by atoms with Crippen LogP contribution in [0.2, 0.25) is 0 Å². The normalized spacial score (nSPS) is 19.5. The number of hydrogen-bond donors (Lipinski definition) is 1. The number of fused-ring (bicyclic) bond motifs is 1. The van der Waals surface area contributed by atoms with Crippen molar-refractivity contribution in [2.45, 2.75) is 19.0 Å². The molecule has 1 N–H and O–H groups in total. The minimum Gasteiger partial charge on any atom is -0.497 e. The second kappa shape index (κ2) is 8.42. The highest BCUT2D eigenvalue weighted by Gasteiger charge is 2.55. The first-order chi connectivity index (χ1) is 15.0. The zero-order valence-corrected chi connectivity index (χ0v) is 17.0. The van der Waals surface area contributed by atoms with Crippen LogP contribution in [0.4, 0.5) is 11.4 Å². The lowest BCUT2D eigenvalue weighted by atomic mass is 10.1. The molecule has 2 aromatic rings. The van der Waals surface area contributed by atoms with Gasteiger partial charge in [0, 0.05) is 5.69 Å². The number of ether oxygens (including phenoxy) is 2. The number of anilines is 2. The van der Waals surface area contributed by atoms with Gasteiger partial charge in [0.05, 0.1) is 19.4 Å². The molecule has 2 aliphatic heterocycles. The lowest BCUT2D eigenvalue weighted by Gasteiger charge is -2.20. The molecule has 1 fully saturated rings. The van der Waals surface area contributed by atoms with E-state index in [0.717, 1.165) is 4.90 Å². The van der Waals surface area contributed by atoms with Crippen LogP contribution in [0.1, 0.15) is 6.92 Å². The Kier molecular flexibility index (Phi) is 5.52. The summed E-state index contributed by atoms with van der Waals surface area (Å²) < 4.78 is 10.5. The molecule has 3 amide bonds. The molecule has 2 heterocycles. The fourth-order valence-corrected chi connectivity index (χ4v) is 3.49. The number of nitrogens with one attached hydrogen (secondary N) is 1. The van der Waals surface area contributed by atoms with Crippen molar-refractivity contribution >= 4 is 29.1 Å². The molecule has 160 valence electrons. The molecule has 0 bridgehead atoms. The molecule has 0 unspecified atom stereocenters. The van der Waals surface area contributed by atoms with Crippen LogP contribution in [-0.2, 0) is 14.4 Å².